The van der Waals surface area contributed by atoms with E-state index in [2.05, 4.69) is 5.32 Å². The predicted molar refractivity (Wildman–Crippen MR) is 135 cm³/mol. The Balaban J connectivity index is 1.83. The molecular formula is C29H37NO6. The zero-order valence-electron chi connectivity index (χ0n) is 21.9. The van der Waals surface area contributed by atoms with Crippen LogP contribution < -0.4 is 10.1 Å². The number of carbonyl (C=O) groups excluding carboxylic acids is 3. The number of esters is 2. The predicted octanol–water partition coefficient (Wildman–Crippen LogP) is 4.96. The highest BCUT2D eigenvalue weighted by atomic mass is 16.5. The largest absolute Gasteiger partial charge is 0.491 e. The fourth-order valence-corrected chi connectivity index (χ4v) is 5.74. The zero-order chi connectivity index (χ0) is 26.0. The monoisotopic (exact) mass is 495 g/mol. The Hall–Kier alpha value is -3.09. The molecule has 0 saturated heterocycles. The molecule has 0 aromatic heterocycles. The van der Waals surface area contributed by atoms with E-state index in [0.717, 1.165) is 37.8 Å². The van der Waals surface area contributed by atoms with E-state index in [1.807, 2.05) is 52.0 Å². The Kier molecular flexibility index (Phi) is 7.86. The lowest BCUT2D eigenvalue weighted by Crippen LogP contribution is -2.43. The number of methoxy groups -OCH3 is 1. The Morgan fingerprint density at radius 2 is 1.78 bits per heavy atom. The number of carbonyl (C=O) groups is 3. The van der Waals surface area contributed by atoms with E-state index in [0.29, 0.717) is 34.6 Å². The number of para-hydroxylation sites is 1. The van der Waals surface area contributed by atoms with Gasteiger partial charge in [0, 0.05) is 22.5 Å². The number of hydrogen-bond donors (Lipinski definition) is 1. The van der Waals surface area contributed by atoms with Gasteiger partial charge in [-0.05, 0) is 64.9 Å². The van der Waals surface area contributed by atoms with Crippen molar-refractivity contribution in [1.29, 1.82) is 0 Å². The fraction of sp³-hybridized carbons (Fsp3) is 0.552. The van der Waals surface area contributed by atoms with Crippen molar-refractivity contribution in [3.05, 3.63) is 52.4 Å². The van der Waals surface area contributed by atoms with Gasteiger partial charge in [-0.3, -0.25) is 9.59 Å². The van der Waals surface area contributed by atoms with Crippen LogP contribution in [-0.2, 0) is 23.9 Å². The summed E-state index contributed by atoms with van der Waals surface area (Å²) in [5, 5.41) is 3.33. The summed E-state index contributed by atoms with van der Waals surface area (Å²) in [5.74, 6) is -2.57. The van der Waals surface area contributed by atoms with Crippen molar-refractivity contribution in [1.82, 2.24) is 5.32 Å². The van der Waals surface area contributed by atoms with Crippen molar-refractivity contribution in [2.24, 2.45) is 11.8 Å². The summed E-state index contributed by atoms with van der Waals surface area (Å²) < 4.78 is 17.1. The van der Waals surface area contributed by atoms with Crippen molar-refractivity contribution < 1.29 is 28.6 Å². The molecule has 1 aromatic carbocycles. The number of benzene rings is 1. The number of rotatable bonds is 6. The van der Waals surface area contributed by atoms with E-state index < -0.39 is 23.8 Å². The van der Waals surface area contributed by atoms with Crippen LogP contribution in [0.5, 0.6) is 5.75 Å². The molecule has 0 amide bonds. The molecule has 4 rings (SSSR count). The molecule has 1 heterocycles. The van der Waals surface area contributed by atoms with Crippen molar-refractivity contribution in [3.8, 4) is 5.75 Å². The number of nitrogens with one attached hydrogen (secondary N) is 1. The highest BCUT2D eigenvalue weighted by Crippen LogP contribution is 2.48. The normalized spacial score (nSPS) is 24.8. The number of dihydropyridines is 1. The molecule has 0 unspecified atom stereocenters. The van der Waals surface area contributed by atoms with E-state index in [1.165, 1.54) is 7.11 Å². The smallest absolute Gasteiger partial charge is 0.337 e. The highest BCUT2D eigenvalue weighted by molar-refractivity contribution is 6.12. The Morgan fingerprint density at radius 3 is 2.44 bits per heavy atom. The first-order valence-corrected chi connectivity index (χ1v) is 13.0. The second-order valence-corrected chi connectivity index (χ2v) is 10.4. The molecule has 36 heavy (non-hydrogen) atoms. The third-order valence-corrected chi connectivity index (χ3v) is 7.38. The third-order valence-electron chi connectivity index (χ3n) is 7.38. The molecule has 1 aromatic rings. The number of hydrogen-bond acceptors (Lipinski definition) is 7. The van der Waals surface area contributed by atoms with Gasteiger partial charge < -0.3 is 19.5 Å². The number of ketones is 1. The van der Waals surface area contributed by atoms with Gasteiger partial charge in [-0.25, -0.2) is 4.79 Å². The van der Waals surface area contributed by atoms with Crippen LogP contribution in [0.3, 0.4) is 0 Å². The summed E-state index contributed by atoms with van der Waals surface area (Å²) in [5.41, 5.74) is 2.93. The first-order chi connectivity index (χ1) is 17.2. The van der Waals surface area contributed by atoms with Crippen LogP contribution in [0.2, 0.25) is 0 Å². The van der Waals surface area contributed by atoms with Crippen molar-refractivity contribution >= 4 is 17.7 Å². The van der Waals surface area contributed by atoms with Gasteiger partial charge in [0.1, 0.15) is 17.8 Å². The quantitative estimate of drug-likeness (QED) is 0.440. The van der Waals surface area contributed by atoms with Gasteiger partial charge in [0.05, 0.1) is 24.7 Å². The summed E-state index contributed by atoms with van der Waals surface area (Å²) in [6, 6.07) is 7.48. The van der Waals surface area contributed by atoms with Gasteiger partial charge in [-0.2, -0.15) is 0 Å². The van der Waals surface area contributed by atoms with Crippen molar-refractivity contribution in [3.63, 3.8) is 0 Å². The molecular weight excluding hydrogens is 458 g/mol. The summed E-state index contributed by atoms with van der Waals surface area (Å²) in [7, 11) is 1.30. The van der Waals surface area contributed by atoms with Gasteiger partial charge in [0.15, 0.2) is 5.78 Å². The molecule has 0 spiro atoms. The maximum absolute atomic E-state index is 13.9. The molecule has 194 valence electrons. The molecule has 0 radical (unpaired) electrons. The van der Waals surface area contributed by atoms with Crippen molar-refractivity contribution in [2.45, 2.75) is 84.3 Å². The Labute approximate surface area is 213 Å². The molecule has 3 atom stereocenters. The molecule has 1 aliphatic heterocycles. The van der Waals surface area contributed by atoms with Crippen LogP contribution in [0.1, 0.15) is 77.7 Å². The van der Waals surface area contributed by atoms with Crippen LogP contribution in [0.25, 0.3) is 0 Å². The first kappa shape index (κ1) is 26.0. The SMILES string of the molecule is COC(=O)[C@@H]1C(=O)C2=C(C[C@H]1C)NC(C)=C(C(=O)OC1CCCCC1)[C@@H]2c1ccccc1OC(C)C. The zero-order valence-corrected chi connectivity index (χ0v) is 21.9. The number of allylic oxidation sites excluding steroid dienone is 3. The molecule has 0 bridgehead atoms. The van der Waals surface area contributed by atoms with Crippen LogP contribution in [-0.4, -0.2) is 37.0 Å². The van der Waals surface area contributed by atoms with E-state index >= 15 is 0 Å². The molecule has 1 N–H and O–H groups in total. The molecule has 7 nitrogen and oxygen atoms in total. The van der Waals surface area contributed by atoms with Gasteiger partial charge in [-0.15, -0.1) is 0 Å². The maximum Gasteiger partial charge on any atom is 0.337 e. The van der Waals surface area contributed by atoms with Crippen LogP contribution in [0.4, 0.5) is 0 Å². The maximum atomic E-state index is 13.9. The average Bonchev–Trinajstić information content (AvgIpc) is 2.83. The summed E-state index contributed by atoms with van der Waals surface area (Å²) in [4.78, 5) is 40.3. The van der Waals surface area contributed by atoms with Crippen LogP contribution in [0, 0.1) is 11.8 Å². The lowest BCUT2D eigenvalue weighted by Gasteiger charge is -2.39. The van der Waals surface area contributed by atoms with E-state index in [1.54, 1.807) is 0 Å². The highest BCUT2D eigenvalue weighted by Gasteiger charge is 2.48. The Morgan fingerprint density at radius 1 is 1.08 bits per heavy atom. The van der Waals surface area contributed by atoms with Crippen molar-refractivity contribution in [2.75, 3.05) is 7.11 Å². The minimum absolute atomic E-state index is 0.103. The van der Waals surface area contributed by atoms with E-state index in [-0.39, 0.29) is 23.9 Å². The summed E-state index contributed by atoms with van der Waals surface area (Å²) >= 11 is 0. The summed E-state index contributed by atoms with van der Waals surface area (Å²) in [6.07, 6.45) is 5.17. The van der Waals surface area contributed by atoms with Gasteiger partial charge in [0.25, 0.3) is 0 Å². The van der Waals surface area contributed by atoms with Gasteiger partial charge in [0.2, 0.25) is 0 Å². The minimum atomic E-state index is -0.926. The van der Waals surface area contributed by atoms with Crippen LogP contribution in [0.15, 0.2) is 46.8 Å². The lowest BCUT2D eigenvalue weighted by atomic mass is 9.69. The second kappa shape index (κ2) is 10.9. The van der Waals surface area contributed by atoms with E-state index in [4.69, 9.17) is 14.2 Å². The first-order valence-electron chi connectivity index (χ1n) is 13.0. The van der Waals surface area contributed by atoms with Gasteiger partial charge >= 0.3 is 11.9 Å². The number of Topliss-reactive ketones (excluding diaryl/α,β-unsaturated/α-hetero) is 1. The van der Waals surface area contributed by atoms with Gasteiger partial charge in [-0.1, -0.05) is 31.5 Å². The van der Waals surface area contributed by atoms with Crippen LogP contribution >= 0.6 is 0 Å². The second-order valence-electron chi connectivity index (χ2n) is 10.4. The lowest BCUT2D eigenvalue weighted by molar-refractivity contribution is -0.151. The average molecular weight is 496 g/mol. The number of ether oxygens (including phenoxy) is 3. The Bertz CT molecular complexity index is 1090. The fourth-order valence-electron chi connectivity index (χ4n) is 5.74. The third kappa shape index (κ3) is 5.06. The topological polar surface area (TPSA) is 90.9 Å². The standard InChI is InChI=1S/C29H37NO6/c1-16(2)35-22-14-10-9-13-20(22)25-24(29(33)36-19-11-7-6-8-12-19)18(4)30-21-15-17(3)23(28(32)34-5)27(31)26(21)25/h9-10,13-14,16-17,19,23,25,30H,6-8,11-12,15H2,1-5H3/t17-,23+,25+/m1/s1. The summed E-state index contributed by atoms with van der Waals surface area (Å²) in [6.45, 7) is 7.59. The minimum Gasteiger partial charge on any atom is -0.491 e. The van der Waals surface area contributed by atoms with E-state index in [9.17, 15) is 14.4 Å². The molecule has 1 saturated carbocycles. The molecule has 1 fully saturated rings. The molecule has 2 aliphatic carbocycles. The molecule has 7 heteroatoms. The molecule has 3 aliphatic rings.